The van der Waals surface area contributed by atoms with Gasteiger partial charge in [0, 0.05) is 35.7 Å². The topological polar surface area (TPSA) is 106 Å². The van der Waals surface area contributed by atoms with Gasteiger partial charge in [0.05, 0.1) is 17.5 Å². The van der Waals surface area contributed by atoms with E-state index in [2.05, 4.69) is 10.3 Å². The van der Waals surface area contributed by atoms with Gasteiger partial charge in [-0.25, -0.2) is 0 Å². The molecule has 2 N–H and O–H groups in total. The highest BCUT2D eigenvalue weighted by Crippen LogP contribution is 2.28. The van der Waals surface area contributed by atoms with Crippen molar-refractivity contribution in [2.24, 2.45) is 5.92 Å². The molecular weight excluding hydrogens is 432 g/mol. The molecule has 0 aliphatic heterocycles. The second-order valence-corrected chi connectivity index (χ2v) is 8.65. The molecule has 1 aliphatic rings. The summed E-state index contributed by atoms with van der Waals surface area (Å²) in [5, 5.41) is 12.9. The van der Waals surface area contributed by atoms with Gasteiger partial charge in [-0.1, -0.05) is 12.1 Å². The first-order valence-corrected chi connectivity index (χ1v) is 11.7. The van der Waals surface area contributed by atoms with Crippen LogP contribution in [0.3, 0.4) is 0 Å². The minimum Gasteiger partial charge on any atom is -0.490 e. The van der Waals surface area contributed by atoms with Gasteiger partial charge in [0.1, 0.15) is 5.75 Å². The highest BCUT2D eigenvalue weighted by atomic mass is 16.5. The second-order valence-electron chi connectivity index (χ2n) is 8.65. The van der Waals surface area contributed by atoms with Crippen LogP contribution in [-0.4, -0.2) is 40.4 Å². The van der Waals surface area contributed by atoms with Crippen molar-refractivity contribution < 1.29 is 24.2 Å². The highest BCUT2D eigenvalue weighted by Gasteiger charge is 2.26. The van der Waals surface area contributed by atoms with Crippen LogP contribution in [0.15, 0.2) is 60.8 Å². The number of hydrogen-bond acceptors (Lipinski definition) is 5. The third-order valence-electron chi connectivity index (χ3n) is 6.24. The van der Waals surface area contributed by atoms with E-state index in [0.29, 0.717) is 49.1 Å². The van der Waals surface area contributed by atoms with Crippen LogP contribution in [0.4, 0.5) is 0 Å². The molecule has 1 heterocycles. The number of pyridine rings is 1. The van der Waals surface area contributed by atoms with E-state index < -0.39 is 5.97 Å². The Hall–Kier alpha value is -3.74. The predicted octanol–water partition coefficient (Wildman–Crippen LogP) is 4.65. The summed E-state index contributed by atoms with van der Waals surface area (Å²) in [6.45, 7) is 0.408. The first kappa shape index (κ1) is 23.4. The second kappa shape index (κ2) is 10.9. The summed E-state index contributed by atoms with van der Waals surface area (Å²) in [5.41, 5.74) is 1.92. The molecule has 7 nitrogen and oxygen atoms in total. The summed E-state index contributed by atoms with van der Waals surface area (Å²) in [6, 6.07) is 16.3. The third-order valence-corrected chi connectivity index (χ3v) is 6.24. The molecule has 1 fully saturated rings. The summed E-state index contributed by atoms with van der Waals surface area (Å²) >= 11 is 0. The lowest BCUT2D eigenvalue weighted by molar-refractivity contribution is -0.143. The third kappa shape index (κ3) is 5.98. The maximum atomic E-state index is 12.5. The quantitative estimate of drug-likeness (QED) is 0.356. The zero-order valence-corrected chi connectivity index (χ0v) is 18.9. The van der Waals surface area contributed by atoms with Crippen LogP contribution in [-0.2, 0) is 4.79 Å². The number of carboxylic acid groups (broad SMARTS) is 1. The lowest BCUT2D eigenvalue weighted by Gasteiger charge is -2.26. The number of amides is 1. The largest absolute Gasteiger partial charge is 0.490 e. The van der Waals surface area contributed by atoms with Gasteiger partial charge in [0.15, 0.2) is 5.78 Å². The number of aromatic nitrogens is 1. The normalized spacial score (nSPS) is 17.8. The Morgan fingerprint density at radius 1 is 0.971 bits per heavy atom. The maximum Gasteiger partial charge on any atom is 0.306 e. The van der Waals surface area contributed by atoms with E-state index in [1.165, 1.54) is 0 Å². The molecule has 0 unspecified atom stereocenters. The van der Waals surface area contributed by atoms with E-state index in [1.54, 1.807) is 42.6 Å². The molecule has 0 radical (unpaired) electrons. The van der Waals surface area contributed by atoms with Gasteiger partial charge in [-0.05, 0) is 74.6 Å². The van der Waals surface area contributed by atoms with E-state index in [-0.39, 0.29) is 23.7 Å². The monoisotopic (exact) mass is 460 g/mol. The summed E-state index contributed by atoms with van der Waals surface area (Å²) in [5.74, 6) is -0.481. The Bertz CT molecular complexity index is 1170. The molecule has 0 spiro atoms. The molecular formula is C27H28N2O5. The van der Waals surface area contributed by atoms with Crippen LogP contribution in [0.25, 0.3) is 10.9 Å². The summed E-state index contributed by atoms with van der Waals surface area (Å²) < 4.78 is 5.96. The smallest absolute Gasteiger partial charge is 0.306 e. The molecule has 34 heavy (non-hydrogen) atoms. The highest BCUT2D eigenvalue weighted by molar-refractivity contribution is 5.98. The lowest BCUT2D eigenvalue weighted by atomic mass is 9.87. The number of aliphatic carboxylic acids is 1. The van der Waals surface area contributed by atoms with Crippen molar-refractivity contribution in [2.45, 2.75) is 44.6 Å². The Kier molecular flexibility index (Phi) is 7.52. The van der Waals surface area contributed by atoms with Crippen molar-refractivity contribution in [3.8, 4) is 5.75 Å². The van der Waals surface area contributed by atoms with E-state index >= 15 is 0 Å². The van der Waals surface area contributed by atoms with Crippen molar-refractivity contribution >= 4 is 28.6 Å². The first-order chi connectivity index (χ1) is 16.5. The number of carbonyl (C=O) groups excluding carboxylic acids is 2. The zero-order chi connectivity index (χ0) is 23.9. The Labute approximate surface area is 198 Å². The number of benzene rings is 2. The SMILES string of the molecule is O=C(CCCNC(=O)c1ccc2cccnc2c1)c1ccc(OC2CCC(C(=O)O)CC2)cc1. The molecule has 1 saturated carbocycles. The minimum atomic E-state index is -0.730. The van der Waals surface area contributed by atoms with Gasteiger partial charge in [-0.3, -0.25) is 19.4 Å². The molecule has 1 amide bonds. The summed E-state index contributed by atoms with van der Waals surface area (Å²) in [6.07, 6.45) is 5.29. The molecule has 0 atom stereocenters. The van der Waals surface area contributed by atoms with Gasteiger partial charge in [-0.2, -0.15) is 0 Å². The Balaban J connectivity index is 1.19. The average Bonchev–Trinajstić information content (AvgIpc) is 2.87. The van der Waals surface area contributed by atoms with Crippen molar-refractivity contribution in [1.29, 1.82) is 0 Å². The van der Waals surface area contributed by atoms with Gasteiger partial charge in [0.25, 0.3) is 5.91 Å². The number of fused-ring (bicyclic) bond motifs is 1. The Morgan fingerprint density at radius 2 is 1.71 bits per heavy atom. The maximum absolute atomic E-state index is 12.5. The van der Waals surface area contributed by atoms with E-state index in [1.807, 2.05) is 18.2 Å². The van der Waals surface area contributed by atoms with Crippen LogP contribution < -0.4 is 10.1 Å². The fourth-order valence-corrected chi connectivity index (χ4v) is 4.24. The number of Topliss-reactive ketones (excluding diaryl/α,β-unsaturated/α-hetero) is 1. The van der Waals surface area contributed by atoms with Gasteiger partial charge in [-0.15, -0.1) is 0 Å². The predicted molar refractivity (Wildman–Crippen MR) is 128 cm³/mol. The van der Waals surface area contributed by atoms with Crippen molar-refractivity contribution in [3.05, 3.63) is 71.9 Å². The van der Waals surface area contributed by atoms with Crippen molar-refractivity contribution in [1.82, 2.24) is 10.3 Å². The van der Waals surface area contributed by atoms with Crippen molar-refractivity contribution in [2.75, 3.05) is 6.54 Å². The number of rotatable bonds is 9. The minimum absolute atomic E-state index is 0.0117. The molecule has 1 aliphatic carbocycles. The van der Waals surface area contributed by atoms with Crippen molar-refractivity contribution in [3.63, 3.8) is 0 Å². The molecule has 176 valence electrons. The zero-order valence-electron chi connectivity index (χ0n) is 18.9. The summed E-state index contributed by atoms with van der Waals surface area (Å²) in [4.78, 5) is 40.2. The number of hydrogen-bond donors (Lipinski definition) is 2. The van der Waals surface area contributed by atoms with E-state index in [9.17, 15) is 14.4 Å². The molecule has 4 rings (SSSR count). The number of ketones is 1. The number of carboxylic acids is 1. The molecule has 3 aromatic rings. The van der Waals surface area contributed by atoms with Gasteiger partial charge < -0.3 is 15.2 Å². The molecule has 0 saturated heterocycles. The molecule has 1 aromatic heterocycles. The molecule has 2 aromatic carbocycles. The molecule has 7 heteroatoms. The van der Waals surface area contributed by atoms with Crippen LogP contribution >= 0.6 is 0 Å². The average molecular weight is 461 g/mol. The van der Waals surface area contributed by atoms with Crippen LogP contribution in [0.1, 0.15) is 59.2 Å². The van der Waals surface area contributed by atoms with Crippen LogP contribution in [0, 0.1) is 5.92 Å². The van der Waals surface area contributed by atoms with Crippen LogP contribution in [0.5, 0.6) is 5.75 Å². The fourth-order valence-electron chi connectivity index (χ4n) is 4.24. The van der Waals surface area contributed by atoms with Gasteiger partial charge in [0.2, 0.25) is 0 Å². The van der Waals surface area contributed by atoms with Gasteiger partial charge >= 0.3 is 5.97 Å². The molecule has 0 bridgehead atoms. The number of nitrogens with one attached hydrogen (secondary N) is 1. The van der Waals surface area contributed by atoms with E-state index in [4.69, 9.17) is 9.84 Å². The van der Waals surface area contributed by atoms with Crippen LogP contribution in [0.2, 0.25) is 0 Å². The number of nitrogens with zero attached hydrogens (tertiary/aromatic N) is 1. The fraction of sp³-hybridized carbons (Fsp3) is 0.333. The summed E-state index contributed by atoms with van der Waals surface area (Å²) in [7, 11) is 0. The lowest BCUT2D eigenvalue weighted by Crippen LogP contribution is -2.27. The number of ether oxygens (including phenoxy) is 1. The first-order valence-electron chi connectivity index (χ1n) is 11.7. The Morgan fingerprint density at radius 3 is 2.44 bits per heavy atom. The van der Waals surface area contributed by atoms with E-state index in [0.717, 1.165) is 23.7 Å². The standard InChI is InChI=1S/C27H28N2O5/c30-25(4-2-16-29-26(31)21-6-5-18-3-1-15-28-24(18)17-21)19-7-11-22(12-8-19)34-23-13-9-20(10-14-23)27(32)33/h1,3,5-8,11-12,15,17,20,23H,2,4,9-10,13-14,16H2,(H,29,31)(H,32,33). The number of carbonyl (C=O) groups is 3.